The maximum atomic E-state index is 5.73. The quantitative estimate of drug-likeness (QED) is 0.240. The van der Waals surface area contributed by atoms with Crippen molar-refractivity contribution in [3.8, 4) is 17.2 Å². The molecule has 0 aliphatic carbocycles. The molecule has 7 heteroatoms. The molecular weight excluding hydrogens is 469 g/mol. The Bertz CT molecular complexity index is 753. The zero-order valence-corrected chi connectivity index (χ0v) is 19.3. The summed E-state index contributed by atoms with van der Waals surface area (Å²) in [5, 5.41) is 6.55. The third kappa shape index (κ3) is 7.84. The van der Waals surface area contributed by atoms with Crippen molar-refractivity contribution in [3.05, 3.63) is 53.6 Å². The normalized spacial score (nSPS) is 10.6. The topological polar surface area (TPSA) is 64.1 Å². The highest BCUT2D eigenvalue weighted by molar-refractivity contribution is 14.0. The number of ether oxygens (including phenoxy) is 3. The zero-order chi connectivity index (χ0) is 19.5. The molecule has 0 saturated carbocycles. The van der Waals surface area contributed by atoms with Crippen molar-refractivity contribution in [1.29, 1.82) is 0 Å². The van der Waals surface area contributed by atoms with Crippen molar-refractivity contribution in [2.75, 3.05) is 41.0 Å². The highest BCUT2D eigenvalue weighted by atomic mass is 127. The molecule has 2 rings (SSSR count). The Morgan fingerprint density at radius 1 is 0.964 bits per heavy atom. The Labute approximate surface area is 184 Å². The van der Waals surface area contributed by atoms with Gasteiger partial charge in [0.2, 0.25) is 0 Å². The van der Waals surface area contributed by atoms with Crippen molar-refractivity contribution < 1.29 is 14.2 Å². The van der Waals surface area contributed by atoms with E-state index in [1.165, 1.54) is 11.1 Å². The summed E-state index contributed by atoms with van der Waals surface area (Å²) < 4.78 is 16.3. The summed E-state index contributed by atoms with van der Waals surface area (Å²) in [5.74, 6) is 3.11. The Balaban J connectivity index is 0.00000392. The van der Waals surface area contributed by atoms with Crippen LogP contribution in [0.25, 0.3) is 0 Å². The van der Waals surface area contributed by atoms with Gasteiger partial charge in [-0.1, -0.05) is 18.2 Å². The fourth-order valence-electron chi connectivity index (χ4n) is 2.63. The van der Waals surface area contributed by atoms with Gasteiger partial charge in [-0.2, -0.15) is 0 Å². The number of hydrogen-bond donors (Lipinski definition) is 2. The van der Waals surface area contributed by atoms with Gasteiger partial charge < -0.3 is 24.8 Å². The largest absolute Gasteiger partial charge is 0.493 e. The van der Waals surface area contributed by atoms with Crippen LogP contribution < -0.4 is 24.8 Å². The van der Waals surface area contributed by atoms with Crippen molar-refractivity contribution in [1.82, 2.24) is 10.6 Å². The lowest BCUT2D eigenvalue weighted by atomic mass is 10.1. The lowest BCUT2D eigenvalue weighted by Gasteiger charge is -2.13. The molecular formula is C21H30IN3O3. The first kappa shape index (κ1) is 23.9. The number of guanidine groups is 1. The van der Waals surface area contributed by atoms with Crippen molar-refractivity contribution in [2.24, 2.45) is 4.99 Å². The molecule has 2 N–H and O–H groups in total. The van der Waals surface area contributed by atoms with Crippen molar-refractivity contribution in [3.63, 3.8) is 0 Å². The van der Waals surface area contributed by atoms with Crippen LogP contribution in [0.5, 0.6) is 17.2 Å². The fraction of sp³-hybridized carbons (Fsp3) is 0.381. The molecule has 28 heavy (non-hydrogen) atoms. The lowest BCUT2D eigenvalue weighted by Crippen LogP contribution is -2.40. The maximum absolute atomic E-state index is 5.73. The van der Waals surface area contributed by atoms with Crippen LogP contribution in [0.1, 0.15) is 11.1 Å². The number of hydrogen-bond acceptors (Lipinski definition) is 4. The third-order valence-corrected chi connectivity index (χ3v) is 4.03. The van der Waals surface area contributed by atoms with Crippen LogP contribution in [-0.4, -0.2) is 46.9 Å². The van der Waals surface area contributed by atoms with E-state index >= 15 is 0 Å². The lowest BCUT2D eigenvalue weighted by molar-refractivity contribution is 0.321. The van der Waals surface area contributed by atoms with Gasteiger partial charge in [0.1, 0.15) is 12.4 Å². The number of benzene rings is 2. The SMILES string of the molecule is CN=C(NCCOc1cccc(C)c1)NCCc1ccc(OC)c(OC)c1.I. The Hall–Kier alpha value is -2.16. The van der Waals surface area contributed by atoms with Gasteiger partial charge in [-0.15, -0.1) is 24.0 Å². The molecule has 0 saturated heterocycles. The summed E-state index contributed by atoms with van der Waals surface area (Å²) in [5.41, 5.74) is 2.35. The van der Waals surface area contributed by atoms with E-state index < -0.39 is 0 Å². The van der Waals surface area contributed by atoms with E-state index in [1.54, 1.807) is 21.3 Å². The first-order valence-corrected chi connectivity index (χ1v) is 9.01. The number of halogens is 1. The van der Waals surface area contributed by atoms with E-state index in [9.17, 15) is 0 Å². The van der Waals surface area contributed by atoms with E-state index in [4.69, 9.17) is 14.2 Å². The molecule has 0 fully saturated rings. The van der Waals surface area contributed by atoms with Crippen LogP contribution in [0.15, 0.2) is 47.5 Å². The average molecular weight is 499 g/mol. The maximum Gasteiger partial charge on any atom is 0.191 e. The molecule has 0 atom stereocenters. The molecule has 0 aromatic heterocycles. The monoisotopic (exact) mass is 499 g/mol. The molecule has 154 valence electrons. The van der Waals surface area contributed by atoms with Gasteiger partial charge in [-0.25, -0.2) is 0 Å². The number of aryl methyl sites for hydroxylation is 1. The number of nitrogens with one attached hydrogen (secondary N) is 2. The van der Waals surface area contributed by atoms with Gasteiger partial charge in [0.15, 0.2) is 17.5 Å². The number of aliphatic imine (C=N–C) groups is 1. The molecule has 2 aromatic carbocycles. The predicted molar refractivity (Wildman–Crippen MR) is 125 cm³/mol. The minimum absolute atomic E-state index is 0. The van der Waals surface area contributed by atoms with E-state index in [2.05, 4.69) is 28.6 Å². The minimum Gasteiger partial charge on any atom is -0.493 e. The molecule has 0 aliphatic heterocycles. The summed E-state index contributed by atoms with van der Waals surface area (Å²) in [4.78, 5) is 4.23. The van der Waals surface area contributed by atoms with Gasteiger partial charge in [-0.3, -0.25) is 4.99 Å². The predicted octanol–water partition coefficient (Wildman–Crippen LogP) is 3.42. The summed E-state index contributed by atoms with van der Waals surface area (Å²) in [6.07, 6.45) is 0.848. The van der Waals surface area contributed by atoms with Gasteiger partial charge in [-0.05, 0) is 48.7 Å². The third-order valence-electron chi connectivity index (χ3n) is 4.03. The molecule has 0 heterocycles. The van der Waals surface area contributed by atoms with Crippen molar-refractivity contribution >= 4 is 29.9 Å². The first-order chi connectivity index (χ1) is 13.2. The molecule has 0 aliphatic rings. The summed E-state index contributed by atoms with van der Waals surface area (Å²) >= 11 is 0. The van der Waals surface area contributed by atoms with Crippen LogP contribution in [0.3, 0.4) is 0 Å². The minimum atomic E-state index is 0. The van der Waals surface area contributed by atoms with Gasteiger partial charge >= 0.3 is 0 Å². The smallest absolute Gasteiger partial charge is 0.191 e. The second-order valence-electron chi connectivity index (χ2n) is 6.03. The first-order valence-electron chi connectivity index (χ1n) is 9.01. The molecule has 0 spiro atoms. The Kier molecular flexibility index (Phi) is 11.2. The number of nitrogens with zero attached hydrogens (tertiary/aromatic N) is 1. The van der Waals surface area contributed by atoms with Crippen LogP contribution in [0.2, 0.25) is 0 Å². The summed E-state index contributed by atoms with van der Waals surface area (Å²) in [6, 6.07) is 14.0. The van der Waals surface area contributed by atoms with Gasteiger partial charge in [0.25, 0.3) is 0 Å². The highest BCUT2D eigenvalue weighted by Gasteiger charge is 2.05. The van der Waals surface area contributed by atoms with E-state index in [0.29, 0.717) is 13.2 Å². The van der Waals surface area contributed by atoms with Crippen LogP contribution in [0.4, 0.5) is 0 Å². The Morgan fingerprint density at radius 3 is 2.39 bits per heavy atom. The zero-order valence-electron chi connectivity index (χ0n) is 17.0. The van der Waals surface area contributed by atoms with E-state index in [0.717, 1.165) is 36.2 Å². The van der Waals surface area contributed by atoms with Crippen molar-refractivity contribution in [2.45, 2.75) is 13.3 Å². The van der Waals surface area contributed by atoms with Crippen LogP contribution in [0, 0.1) is 6.92 Å². The number of rotatable bonds is 9. The fourth-order valence-corrected chi connectivity index (χ4v) is 2.63. The Morgan fingerprint density at radius 2 is 1.71 bits per heavy atom. The molecule has 0 bridgehead atoms. The average Bonchev–Trinajstić information content (AvgIpc) is 2.69. The summed E-state index contributed by atoms with van der Waals surface area (Å²) in [6.45, 7) is 4.05. The second-order valence-corrected chi connectivity index (χ2v) is 6.03. The van der Waals surface area contributed by atoms with Gasteiger partial charge in [0, 0.05) is 13.6 Å². The summed E-state index contributed by atoms with van der Waals surface area (Å²) in [7, 11) is 5.04. The molecule has 6 nitrogen and oxygen atoms in total. The van der Waals surface area contributed by atoms with E-state index in [1.807, 2.05) is 36.4 Å². The second kappa shape index (κ2) is 13.1. The van der Waals surface area contributed by atoms with E-state index in [-0.39, 0.29) is 24.0 Å². The standard InChI is InChI=1S/C21H29N3O3.HI/c1-16-6-5-7-18(14-16)27-13-12-24-21(22-2)23-11-10-17-8-9-19(25-3)20(15-17)26-4;/h5-9,14-15H,10-13H2,1-4H3,(H2,22,23,24);1H. The molecule has 2 aromatic rings. The van der Waals surface area contributed by atoms with Gasteiger partial charge in [0.05, 0.1) is 20.8 Å². The molecule has 0 amide bonds. The molecule has 0 radical (unpaired) electrons. The highest BCUT2D eigenvalue weighted by Crippen LogP contribution is 2.27. The van der Waals surface area contributed by atoms with Crippen LogP contribution >= 0.6 is 24.0 Å². The van der Waals surface area contributed by atoms with Crippen LogP contribution in [-0.2, 0) is 6.42 Å². The molecule has 0 unspecified atom stereocenters. The number of methoxy groups -OCH3 is 2.